The monoisotopic (exact) mass is 239 g/mol. The maximum Gasteiger partial charge on any atom is 0.306 e. The zero-order valence-corrected chi connectivity index (χ0v) is 11.4. The highest BCUT2D eigenvalue weighted by molar-refractivity contribution is 5.71. The van der Waals surface area contributed by atoms with E-state index in [0.29, 0.717) is 24.4 Å². The van der Waals surface area contributed by atoms with Gasteiger partial charge in [0.05, 0.1) is 13.0 Å². The molecule has 0 aromatic heterocycles. The van der Waals surface area contributed by atoms with Crippen molar-refractivity contribution in [2.75, 3.05) is 26.2 Å². The normalized spacial score (nSPS) is 28.4. The van der Waals surface area contributed by atoms with Gasteiger partial charge in [-0.2, -0.15) is 0 Å². The van der Waals surface area contributed by atoms with Crippen LogP contribution in [0.5, 0.6) is 0 Å². The second-order valence-corrected chi connectivity index (χ2v) is 6.69. The molecule has 2 aliphatic heterocycles. The lowest BCUT2D eigenvalue weighted by atomic mass is 9.75. The molecule has 0 bridgehead atoms. The Kier molecular flexibility index (Phi) is 3.76. The Morgan fingerprint density at radius 2 is 1.94 bits per heavy atom. The molecule has 2 rings (SSSR count). The highest BCUT2D eigenvalue weighted by atomic mass is 16.5. The second kappa shape index (κ2) is 4.97. The molecule has 2 aliphatic rings. The third kappa shape index (κ3) is 3.44. The van der Waals surface area contributed by atoms with Gasteiger partial charge in [-0.15, -0.1) is 0 Å². The number of carbonyl (C=O) groups is 1. The molecule has 0 aliphatic carbocycles. The lowest BCUT2D eigenvalue weighted by Crippen LogP contribution is -2.40. The van der Waals surface area contributed by atoms with Crippen LogP contribution in [0, 0.1) is 17.3 Å². The van der Waals surface area contributed by atoms with Crippen LogP contribution in [0.25, 0.3) is 0 Å². The molecule has 0 radical (unpaired) electrons. The van der Waals surface area contributed by atoms with E-state index >= 15 is 0 Å². The summed E-state index contributed by atoms with van der Waals surface area (Å²) in [5.41, 5.74) is 0.443. The van der Waals surface area contributed by atoms with E-state index < -0.39 is 0 Å². The molecular weight excluding hydrogens is 214 g/mol. The van der Waals surface area contributed by atoms with Crippen LogP contribution in [-0.4, -0.2) is 37.1 Å². The van der Waals surface area contributed by atoms with Crippen LogP contribution < -0.4 is 0 Å². The number of carbonyl (C=O) groups excluding carboxylic acids is 1. The number of esters is 1. The third-order valence-corrected chi connectivity index (χ3v) is 4.26. The topological polar surface area (TPSA) is 29.5 Å². The summed E-state index contributed by atoms with van der Waals surface area (Å²) in [6.07, 6.45) is 3.22. The number of nitrogens with zero attached hydrogens (tertiary/aromatic N) is 1. The summed E-state index contributed by atoms with van der Waals surface area (Å²) in [5, 5.41) is 0. The van der Waals surface area contributed by atoms with Gasteiger partial charge < -0.3 is 9.64 Å². The summed E-state index contributed by atoms with van der Waals surface area (Å²) in [4.78, 5) is 13.5. The number of cyclic esters (lactones) is 1. The number of piperidine rings is 1. The Morgan fingerprint density at radius 3 is 2.41 bits per heavy atom. The van der Waals surface area contributed by atoms with E-state index in [-0.39, 0.29) is 5.97 Å². The first-order chi connectivity index (χ1) is 7.95. The van der Waals surface area contributed by atoms with Crippen LogP contribution in [0.2, 0.25) is 0 Å². The smallest absolute Gasteiger partial charge is 0.306 e. The largest absolute Gasteiger partial charge is 0.465 e. The van der Waals surface area contributed by atoms with E-state index in [9.17, 15) is 4.79 Å². The van der Waals surface area contributed by atoms with Gasteiger partial charge in [-0.05, 0) is 37.3 Å². The Bertz CT molecular complexity index is 274. The van der Waals surface area contributed by atoms with Crippen molar-refractivity contribution in [1.29, 1.82) is 0 Å². The minimum atomic E-state index is -0.0143. The van der Waals surface area contributed by atoms with Crippen molar-refractivity contribution in [2.45, 2.75) is 40.0 Å². The van der Waals surface area contributed by atoms with Crippen molar-refractivity contribution < 1.29 is 9.53 Å². The molecule has 0 N–H and O–H groups in total. The molecule has 0 aromatic carbocycles. The van der Waals surface area contributed by atoms with Crippen molar-refractivity contribution in [3.8, 4) is 0 Å². The molecule has 0 aromatic rings. The van der Waals surface area contributed by atoms with Gasteiger partial charge in [0.15, 0.2) is 0 Å². The molecule has 0 amide bonds. The van der Waals surface area contributed by atoms with Gasteiger partial charge >= 0.3 is 5.97 Å². The fraction of sp³-hybridized carbons (Fsp3) is 0.929. The predicted molar refractivity (Wildman–Crippen MR) is 67.7 cm³/mol. The zero-order chi connectivity index (χ0) is 12.5. The van der Waals surface area contributed by atoms with E-state index in [1.807, 2.05) is 0 Å². The van der Waals surface area contributed by atoms with Crippen molar-refractivity contribution in [1.82, 2.24) is 4.90 Å². The van der Waals surface area contributed by atoms with Gasteiger partial charge in [0, 0.05) is 12.5 Å². The summed E-state index contributed by atoms with van der Waals surface area (Å²) in [6.45, 7) is 11.1. The molecule has 0 unspecified atom stereocenters. The van der Waals surface area contributed by atoms with E-state index in [4.69, 9.17) is 4.74 Å². The fourth-order valence-electron chi connectivity index (χ4n) is 3.03. The van der Waals surface area contributed by atoms with Crippen LogP contribution in [-0.2, 0) is 9.53 Å². The Balaban J connectivity index is 1.74. The Morgan fingerprint density at radius 1 is 1.29 bits per heavy atom. The van der Waals surface area contributed by atoms with Gasteiger partial charge in [-0.25, -0.2) is 0 Å². The molecule has 3 heteroatoms. The predicted octanol–water partition coefficient (Wildman–Crippen LogP) is 2.31. The highest BCUT2D eigenvalue weighted by Gasteiger charge is 2.31. The standard InChI is InChI=1S/C14H25NO2/c1-14(2,3)12-4-6-15(7-5-12)9-11-8-13(16)17-10-11/h11-12H,4-10H2,1-3H3/t11-/m1/s1. The maximum atomic E-state index is 11.0. The SMILES string of the molecule is CC(C)(C)C1CCN(C[C@@H]2COC(=O)C2)CC1. The molecule has 2 fully saturated rings. The number of ether oxygens (including phenoxy) is 1. The van der Waals surface area contributed by atoms with Gasteiger partial charge in [0.1, 0.15) is 0 Å². The Hall–Kier alpha value is -0.570. The fourth-order valence-corrected chi connectivity index (χ4v) is 3.03. The first kappa shape index (κ1) is 12.9. The average molecular weight is 239 g/mol. The summed E-state index contributed by atoms with van der Waals surface area (Å²) >= 11 is 0. The number of rotatable bonds is 2. The van der Waals surface area contributed by atoms with Crippen LogP contribution in [0.3, 0.4) is 0 Å². The van der Waals surface area contributed by atoms with Crippen molar-refractivity contribution in [3.05, 3.63) is 0 Å². The van der Waals surface area contributed by atoms with Crippen LogP contribution in [0.15, 0.2) is 0 Å². The van der Waals surface area contributed by atoms with Crippen LogP contribution in [0.4, 0.5) is 0 Å². The first-order valence-electron chi connectivity index (χ1n) is 6.83. The van der Waals surface area contributed by atoms with Crippen molar-refractivity contribution in [3.63, 3.8) is 0 Å². The zero-order valence-electron chi connectivity index (χ0n) is 11.4. The highest BCUT2D eigenvalue weighted by Crippen LogP contribution is 2.34. The van der Waals surface area contributed by atoms with E-state index in [0.717, 1.165) is 12.5 Å². The van der Waals surface area contributed by atoms with Crippen molar-refractivity contribution >= 4 is 5.97 Å². The summed E-state index contributed by atoms with van der Waals surface area (Å²) < 4.78 is 5.02. The molecule has 3 nitrogen and oxygen atoms in total. The number of hydrogen-bond acceptors (Lipinski definition) is 3. The summed E-state index contributed by atoms with van der Waals surface area (Å²) in [6, 6.07) is 0. The number of hydrogen-bond donors (Lipinski definition) is 0. The molecule has 2 saturated heterocycles. The van der Waals surface area contributed by atoms with Crippen LogP contribution >= 0.6 is 0 Å². The quantitative estimate of drug-likeness (QED) is 0.693. The van der Waals surface area contributed by atoms with E-state index in [1.54, 1.807) is 0 Å². The summed E-state index contributed by atoms with van der Waals surface area (Å²) in [5.74, 6) is 1.27. The van der Waals surface area contributed by atoms with Gasteiger partial charge in [0.2, 0.25) is 0 Å². The molecule has 98 valence electrons. The lowest BCUT2D eigenvalue weighted by Gasteiger charge is -2.39. The van der Waals surface area contributed by atoms with Gasteiger partial charge in [0.25, 0.3) is 0 Å². The lowest BCUT2D eigenvalue weighted by molar-refractivity contribution is -0.137. The minimum absolute atomic E-state index is 0.0143. The molecule has 1 atom stereocenters. The van der Waals surface area contributed by atoms with Crippen LogP contribution in [0.1, 0.15) is 40.0 Å². The van der Waals surface area contributed by atoms with Gasteiger partial charge in [-0.3, -0.25) is 4.79 Å². The first-order valence-corrected chi connectivity index (χ1v) is 6.83. The average Bonchev–Trinajstić information content (AvgIpc) is 2.63. The summed E-state index contributed by atoms with van der Waals surface area (Å²) in [7, 11) is 0. The van der Waals surface area contributed by atoms with E-state index in [1.165, 1.54) is 25.9 Å². The number of likely N-dealkylation sites (tertiary alicyclic amines) is 1. The minimum Gasteiger partial charge on any atom is -0.465 e. The second-order valence-electron chi connectivity index (χ2n) is 6.69. The third-order valence-electron chi connectivity index (χ3n) is 4.26. The molecule has 0 saturated carbocycles. The molecular formula is C14H25NO2. The molecule has 2 heterocycles. The Labute approximate surface area is 105 Å². The van der Waals surface area contributed by atoms with Crippen molar-refractivity contribution in [2.24, 2.45) is 17.3 Å². The molecule has 0 spiro atoms. The molecule has 17 heavy (non-hydrogen) atoms. The van der Waals surface area contributed by atoms with Gasteiger partial charge in [-0.1, -0.05) is 20.8 Å². The maximum absolute atomic E-state index is 11.0. The van der Waals surface area contributed by atoms with E-state index in [2.05, 4.69) is 25.7 Å².